The molecule has 5 heteroatoms. The van der Waals surface area contributed by atoms with E-state index in [0.29, 0.717) is 22.7 Å². The largest absolute Gasteiger partial charge is 0.457 e. The summed E-state index contributed by atoms with van der Waals surface area (Å²) in [6.07, 6.45) is 0. The topological polar surface area (TPSA) is 67.4 Å². The first-order chi connectivity index (χ1) is 13.2. The Bertz CT molecular complexity index is 984. The van der Waals surface area contributed by atoms with Crippen LogP contribution in [0.25, 0.3) is 0 Å². The summed E-state index contributed by atoms with van der Waals surface area (Å²) in [5.41, 5.74) is 2.69. The molecule has 0 bridgehead atoms. The van der Waals surface area contributed by atoms with E-state index < -0.39 is 5.92 Å². The van der Waals surface area contributed by atoms with Gasteiger partial charge in [-0.2, -0.15) is 0 Å². The van der Waals surface area contributed by atoms with Crippen molar-refractivity contribution in [3.63, 3.8) is 0 Å². The van der Waals surface area contributed by atoms with Gasteiger partial charge in [0.05, 0.1) is 5.92 Å². The third-order valence-electron chi connectivity index (χ3n) is 4.56. The van der Waals surface area contributed by atoms with Gasteiger partial charge in [-0.05, 0) is 30.3 Å². The number of nitrogens with one attached hydrogen (secondary N) is 2. The average molecular weight is 358 g/mol. The zero-order chi connectivity index (χ0) is 18.8. The van der Waals surface area contributed by atoms with Gasteiger partial charge in [-0.3, -0.25) is 9.59 Å². The number of anilines is 1. The van der Waals surface area contributed by atoms with Gasteiger partial charge in [-0.1, -0.05) is 42.5 Å². The molecule has 3 aromatic carbocycles. The third kappa shape index (κ3) is 3.15. The van der Waals surface area contributed by atoms with Gasteiger partial charge < -0.3 is 15.4 Å². The molecule has 4 rings (SSSR count). The van der Waals surface area contributed by atoms with Crippen LogP contribution in [0.4, 0.5) is 5.69 Å². The normalized spacial score (nSPS) is 12.3. The first-order valence-electron chi connectivity index (χ1n) is 8.66. The van der Waals surface area contributed by atoms with Gasteiger partial charge in [0.1, 0.15) is 11.5 Å². The van der Waals surface area contributed by atoms with Crippen molar-refractivity contribution in [3.05, 3.63) is 89.5 Å². The Morgan fingerprint density at radius 3 is 2.11 bits per heavy atom. The first-order valence-corrected chi connectivity index (χ1v) is 8.66. The van der Waals surface area contributed by atoms with Crippen molar-refractivity contribution >= 4 is 17.5 Å². The lowest BCUT2D eigenvalue weighted by Gasteiger charge is -2.27. The Balaban J connectivity index is 1.69. The van der Waals surface area contributed by atoms with E-state index in [-0.39, 0.29) is 11.8 Å². The van der Waals surface area contributed by atoms with Gasteiger partial charge in [0, 0.05) is 29.4 Å². The highest BCUT2D eigenvalue weighted by Crippen LogP contribution is 2.44. The van der Waals surface area contributed by atoms with E-state index in [9.17, 15) is 9.59 Å². The number of rotatable bonds is 3. The minimum Gasteiger partial charge on any atom is -0.457 e. The minimum absolute atomic E-state index is 0.174. The summed E-state index contributed by atoms with van der Waals surface area (Å²) in [6.45, 7) is 0. The molecular weight excluding hydrogens is 340 g/mol. The number of benzene rings is 3. The smallest absolute Gasteiger partial charge is 0.251 e. The summed E-state index contributed by atoms with van der Waals surface area (Å²) in [4.78, 5) is 25.0. The molecule has 0 saturated heterocycles. The van der Waals surface area contributed by atoms with E-state index in [4.69, 9.17) is 4.74 Å². The number of amides is 2. The molecule has 2 N–H and O–H groups in total. The van der Waals surface area contributed by atoms with Crippen molar-refractivity contribution in [1.82, 2.24) is 5.32 Å². The molecule has 0 aromatic heterocycles. The Kier molecular flexibility index (Phi) is 4.34. The number of hydrogen-bond donors (Lipinski definition) is 2. The maximum atomic E-state index is 13.2. The lowest BCUT2D eigenvalue weighted by molar-refractivity contribution is -0.116. The number of ether oxygens (including phenoxy) is 1. The monoisotopic (exact) mass is 358 g/mol. The van der Waals surface area contributed by atoms with E-state index >= 15 is 0 Å². The molecule has 1 aliphatic rings. The van der Waals surface area contributed by atoms with Crippen LogP contribution in [0.5, 0.6) is 11.5 Å². The molecule has 27 heavy (non-hydrogen) atoms. The fourth-order valence-corrected chi connectivity index (χ4v) is 3.29. The summed E-state index contributed by atoms with van der Waals surface area (Å²) in [5, 5.41) is 5.52. The molecule has 0 aliphatic carbocycles. The molecule has 1 heterocycles. The second-order valence-corrected chi connectivity index (χ2v) is 6.26. The summed E-state index contributed by atoms with van der Waals surface area (Å²) in [7, 11) is 1.57. The number of fused-ring (bicyclic) bond motifs is 2. The van der Waals surface area contributed by atoms with Crippen molar-refractivity contribution in [3.8, 4) is 11.5 Å². The van der Waals surface area contributed by atoms with Crippen LogP contribution in [-0.4, -0.2) is 18.9 Å². The van der Waals surface area contributed by atoms with Crippen LogP contribution in [0.2, 0.25) is 0 Å². The molecule has 0 radical (unpaired) electrons. The quantitative estimate of drug-likeness (QED) is 0.746. The van der Waals surface area contributed by atoms with Gasteiger partial charge >= 0.3 is 0 Å². The van der Waals surface area contributed by atoms with Gasteiger partial charge in [-0.25, -0.2) is 0 Å². The van der Waals surface area contributed by atoms with Crippen molar-refractivity contribution in [2.45, 2.75) is 5.92 Å². The van der Waals surface area contributed by atoms with Crippen molar-refractivity contribution < 1.29 is 14.3 Å². The Morgan fingerprint density at radius 2 is 1.48 bits per heavy atom. The molecule has 3 aromatic rings. The molecule has 0 fully saturated rings. The molecule has 0 unspecified atom stereocenters. The van der Waals surface area contributed by atoms with Crippen LogP contribution in [0.15, 0.2) is 72.8 Å². The zero-order valence-corrected chi connectivity index (χ0v) is 14.7. The highest BCUT2D eigenvalue weighted by Gasteiger charge is 2.32. The second-order valence-electron chi connectivity index (χ2n) is 6.26. The maximum Gasteiger partial charge on any atom is 0.251 e. The van der Waals surface area contributed by atoms with Crippen LogP contribution in [-0.2, 0) is 4.79 Å². The van der Waals surface area contributed by atoms with Gasteiger partial charge in [0.2, 0.25) is 5.91 Å². The predicted molar refractivity (Wildman–Crippen MR) is 103 cm³/mol. The molecule has 0 spiro atoms. The molecule has 1 aliphatic heterocycles. The van der Waals surface area contributed by atoms with Crippen molar-refractivity contribution in [2.24, 2.45) is 0 Å². The maximum absolute atomic E-state index is 13.2. The summed E-state index contributed by atoms with van der Waals surface area (Å²) >= 11 is 0. The highest BCUT2D eigenvalue weighted by atomic mass is 16.5. The highest BCUT2D eigenvalue weighted by molar-refractivity contribution is 6.01. The number of carbonyl (C=O) groups is 2. The van der Waals surface area contributed by atoms with E-state index in [1.54, 1.807) is 31.3 Å². The number of para-hydroxylation sites is 2. The average Bonchev–Trinajstić information content (AvgIpc) is 2.71. The lowest BCUT2D eigenvalue weighted by Crippen LogP contribution is -2.25. The Hall–Kier alpha value is -3.60. The van der Waals surface area contributed by atoms with E-state index in [2.05, 4.69) is 10.6 Å². The molecule has 134 valence electrons. The van der Waals surface area contributed by atoms with Gasteiger partial charge in [-0.15, -0.1) is 0 Å². The first kappa shape index (κ1) is 16.8. The molecular formula is C22H18N2O3. The summed E-state index contributed by atoms with van der Waals surface area (Å²) < 4.78 is 5.94. The summed E-state index contributed by atoms with van der Waals surface area (Å²) in [5.74, 6) is 0.487. The van der Waals surface area contributed by atoms with Gasteiger partial charge in [0.25, 0.3) is 5.91 Å². The second kappa shape index (κ2) is 6.96. The Labute approximate surface area is 157 Å². The van der Waals surface area contributed by atoms with E-state index in [0.717, 1.165) is 11.1 Å². The fourth-order valence-electron chi connectivity index (χ4n) is 3.29. The fraction of sp³-hybridized carbons (Fsp3) is 0.0909. The van der Waals surface area contributed by atoms with E-state index in [1.807, 2.05) is 48.5 Å². The molecule has 0 saturated carbocycles. The van der Waals surface area contributed by atoms with Crippen LogP contribution < -0.4 is 15.4 Å². The molecule has 0 atom stereocenters. The van der Waals surface area contributed by atoms with Crippen LogP contribution >= 0.6 is 0 Å². The standard InChI is InChI=1S/C22H18N2O3/c1-23-21(25)14-7-6-8-15(13-14)24-22(26)20-16-9-2-4-11-18(16)27-19-12-5-3-10-17(19)20/h2-13,20H,1H3,(H,23,25)(H,24,26). The van der Waals surface area contributed by atoms with Crippen LogP contribution in [0, 0.1) is 0 Å². The Morgan fingerprint density at radius 1 is 0.852 bits per heavy atom. The SMILES string of the molecule is CNC(=O)c1cccc(NC(=O)C2c3ccccc3Oc3ccccc32)c1. The minimum atomic E-state index is -0.491. The van der Waals surface area contributed by atoms with Crippen LogP contribution in [0.1, 0.15) is 27.4 Å². The number of carbonyl (C=O) groups excluding carboxylic acids is 2. The third-order valence-corrected chi connectivity index (χ3v) is 4.56. The molecule has 2 amide bonds. The predicted octanol–water partition coefficient (Wildman–Crippen LogP) is 3.92. The van der Waals surface area contributed by atoms with Crippen molar-refractivity contribution in [1.29, 1.82) is 0 Å². The van der Waals surface area contributed by atoms with Crippen LogP contribution in [0.3, 0.4) is 0 Å². The van der Waals surface area contributed by atoms with E-state index in [1.165, 1.54) is 0 Å². The molecule has 5 nitrogen and oxygen atoms in total. The lowest BCUT2D eigenvalue weighted by atomic mass is 9.87. The zero-order valence-electron chi connectivity index (χ0n) is 14.7. The summed E-state index contributed by atoms with van der Waals surface area (Å²) in [6, 6.07) is 21.9. The van der Waals surface area contributed by atoms with Gasteiger partial charge in [0.15, 0.2) is 0 Å². The number of hydrogen-bond acceptors (Lipinski definition) is 3. The van der Waals surface area contributed by atoms with Crippen molar-refractivity contribution in [2.75, 3.05) is 12.4 Å².